The third-order valence-electron chi connectivity index (χ3n) is 2.50. The first kappa shape index (κ1) is 13.4. The molecule has 0 bridgehead atoms. The Hall–Kier alpha value is -1.62. The molecule has 0 saturated heterocycles. The number of hydrogen-bond donors (Lipinski definition) is 2. The maximum Gasteiger partial charge on any atom is 0.257 e. The van der Waals surface area contributed by atoms with Gasteiger partial charge < -0.3 is 15.0 Å². The lowest BCUT2D eigenvalue weighted by molar-refractivity contribution is 0.0893. The minimum absolute atomic E-state index is 0.0757. The van der Waals surface area contributed by atoms with E-state index in [-0.39, 0.29) is 22.9 Å². The molecule has 0 spiro atoms. The van der Waals surface area contributed by atoms with Crippen LogP contribution in [0, 0.1) is 6.92 Å². The number of hydrogen-bond acceptors (Lipinski definition) is 3. The van der Waals surface area contributed by atoms with Gasteiger partial charge in [-0.1, -0.05) is 6.92 Å². The number of carbonyl (C=O) groups is 1. The number of ether oxygens (including phenoxy) is 1. The number of nitrogens with one attached hydrogen (secondary N) is 2. The summed E-state index contributed by atoms with van der Waals surface area (Å²) in [4.78, 5) is 26.3. The Morgan fingerprint density at radius 2 is 2.29 bits per heavy atom. The predicted molar refractivity (Wildman–Crippen MR) is 65.2 cm³/mol. The second-order valence-corrected chi connectivity index (χ2v) is 3.93. The van der Waals surface area contributed by atoms with Crippen molar-refractivity contribution in [2.75, 3.05) is 13.7 Å². The van der Waals surface area contributed by atoms with Gasteiger partial charge in [-0.3, -0.25) is 9.59 Å². The lowest BCUT2D eigenvalue weighted by Gasteiger charge is -2.15. The second-order valence-electron chi connectivity index (χ2n) is 3.93. The van der Waals surface area contributed by atoms with Gasteiger partial charge >= 0.3 is 0 Å². The molecule has 0 fully saturated rings. The molecule has 5 nitrogen and oxygen atoms in total. The molecule has 1 rings (SSSR count). The number of rotatable bonds is 5. The van der Waals surface area contributed by atoms with Gasteiger partial charge in [0, 0.05) is 25.1 Å². The average molecular weight is 238 g/mol. The van der Waals surface area contributed by atoms with E-state index in [0.29, 0.717) is 6.61 Å². The van der Waals surface area contributed by atoms with Gasteiger partial charge in [0.2, 0.25) is 0 Å². The molecule has 1 heterocycles. The van der Waals surface area contributed by atoms with Crippen LogP contribution in [-0.4, -0.2) is 30.6 Å². The van der Waals surface area contributed by atoms with Gasteiger partial charge in [0.15, 0.2) is 5.43 Å². The largest absolute Gasteiger partial charge is 0.383 e. The van der Waals surface area contributed by atoms with Gasteiger partial charge in [0.05, 0.1) is 12.6 Å². The summed E-state index contributed by atoms with van der Waals surface area (Å²) >= 11 is 0. The molecule has 1 amide bonds. The first-order valence-corrected chi connectivity index (χ1v) is 5.57. The van der Waals surface area contributed by atoms with Gasteiger partial charge in [-0.2, -0.15) is 0 Å². The molecule has 0 radical (unpaired) electrons. The highest BCUT2D eigenvalue weighted by Gasteiger charge is 2.14. The SMILES string of the molecule is CCC(COC)NC(=O)c1c[nH]c(C)cc1=O. The summed E-state index contributed by atoms with van der Waals surface area (Å²) in [5.74, 6) is -0.366. The van der Waals surface area contributed by atoms with Crippen molar-refractivity contribution in [3.8, 4) is 0 Å². The molecule has 1 unspecified atom stereocenters. The minimum Gasteiger partial charge on any atom is -0.383 e. The topological polar surface area (TPSA) is 71.2 Å². The van der Waals surface area contributed by atoms with E-state index in [0.717, 1.165) is 12.1 Å². The molecular formula is C12H18N2O3. The molecule has 1 aromatic heterocycles. The van der Waals surface area contributed by atoms with Crippen molar-refractivity contribution >= 4 is 5.91 Å². The molecule has 0 aliphatic heterocycles. The quantitative estimate of drug-likeness (QED) is 0.798. The van der Waals surface area contributed by atoms with E-state index in [4.69, 9.17) is 4.74 Å². The predicted octanol–water partition coefficient (Wildman–Crippen LogP) is 0.838. The van der Waals surface area contributed by atoms with Crippen molar-refractivity contribution in [2.45, 2.75) is 26.3 Å². The van der Waals surface area contributed by atoms with Crippen LogP contribution in [0.25, 0.3) is 0 Å². The van der Waals surface area contributed by atoms with Gasteiger partial charge in [-0.15, -0.1) is 0 Å². The van der Waals surface area contributed by atoms with Gasteiger partial charge in [0.25, 0.3) is 5.91 Å². The summed E-state index contributed by atoms with van der Waals surface area (Å²) in [5.41, 5.74) is 0.589. The Morgan fingerprint density at radius 1 is 1.59 bits per heavy atom. The normalized spacial score (nSPS) is 12.2. The molecule has 2 N–H and O–H groups in total. The number of aromatic amines is 1. The highest BCUT2D eigenvalue weighted by molar-refractivity contribution is 5.93. The first-order chi connectivity index (χ1) is 8.08. The van der Waals surface area contributed by atoms with Crippen molar-refractivity contribution < 1.29 is 9.53 Å². The lowest BCUT2D eigenvalue weighted by Crippen LogP contribution is -2.39. The van der Waals surface area contributed by atoms with Crippen molar-refractivity contribution in [3.63, 3.8) is 0 Å². The van der Waals surface area contributed by atoms with Crippen LogP contribution in [0.1, 0.15) is 29.4 Å². The van der Waals surface area contributed by atoms with Crippen molar-refractivity contribution in [2.24, 2.45) is 0 Å². The molecule has 1 atom stereocenters. The Labute approximate surface area is 100 Å². The van der Waals surface area contributed by atoms with Gasteiger partial charge in [-0.05, 0) is 13.3 Å². The molecule has 1 aromatic rings. The van der Waals surface area contributed by atoms with E-state index in [1.807, 2.05) is 6.92 Å². The Kier molecular flexibility index (Phi) is 4.90. The molecular weight excluding hydrogens is 220 g/mol. The van der Waals surface area contributed by atoms with Crippen LogP contribution in [0.4, 0.5) is 0 Å². The van der Waals surface area contributed by atoms with Crippen LogP contribution in [-0.2, 0) is 4.74 Å². The smallest absolute Gasteiger partial charge is 0.257 e. The monoisotopic (exact) mass is 238 g/mol. The molecule has 94 valence electrons. The maximum atomic E-state index is 11.8. The third kappa shape index (κ3) is 3.71. The fourth-order valence-corrected chi connectivity index (χ4v) is 1.48. The fraction of sp³-hybridized carbons (Fsp3) is 0.500. The van der Waals surface area contributed by atoms with Crippen molar-refractivity contribution in [1.29, 1.82) is 0 Å². The molecule has 0 aromatic carbocycles. The summed E-state index contributed by atoms with van der Waals surface area (Å²) < 4.78 is 4.98. The van der Waals surface area contributed by atoms with Crippen LogP contribution < -0.4 is 10.7 Å². The highest BCUT2D eigenvalue weighted by Crippen LogP contribution is 1.96. The number of carbonyl (C=O) groups excluding carboxylic acids is 1. The van der Waals surface area contributed by atoms with E-state index < -0.39 is 0 Å². The van der Waals surface area contributed by atoms with Crippen LogP contribution >= 0.6 is 0 Å². The van der Waals surface area contributed by atoms with E-state index in [2.05, 4.69) is 10.3 Å². The number of pyridine rings is 1. The summed E-state index contributed by atoms with van der Waals surface area (Å²) in [7, 11) is 1.58. The number of methoxy groups -OCH3 is 1. The highest BCUT2D eigenvalue weighted by atomic mass is 16.5. The van der Waals surface area contributed by atoms with E-state index >= 15 is 0 Å². The molecule has 0 saturated carbocycles. The van der Waals surface area contributed by atoms with Crippen LogP contribution in [0.2, 0.25) is 0 Å². The number of aromatic nitrogens is 1. The zero-order valence-electron chi connectivity index (χ0n) is 10.4. The molecule has 0 aliphatic carbocycles. The van der Waals surface area contributed by atoms with Crippen molar-refractivity contribution in [3.05, 3.63) is 33.7 Å². The number of H-pyrrole nitrogens is 1. The summed E-state index contributed by atoms with van der Waals surface area (Å²) in [6.07, 6.45) is 2.19. The Balaban J connectivity index is 2.79. The number of amides is 1. The zero-order valence-corrected chi connectivity index (χ0v) is 10.4. The summed E-state index contributed by atoms with van der Waals surface area (Å²) in [5, 5.41) is 2.76. The van der Waals surface area contributed by atoms with E-state index in [9.17, 15) is 9.59 Å². The second kappa shape index (κ2) is 6.20. The summed E-state index contributed by atoms with van der Waals surface area (Å²) in [6.45, 7) is 4.15. The van der Waals surface area contributed by atoms with Gasteiger partial charge in [0.1, 0.15) is 5.56 Å². The van der Waals surface area contributed by atoms with Crippen LogP contribution in [0.3, 0.4) is 0 Å². The molecule has 0 aliphatic rings. The summed E-state index contributed by atoms with van der Waals surface area (Å²) in [6, 6.07) is 1.33. The standard InChI is InChI=1S/C12H18N2O3/c1-4-9(7-17-3)14-12(16)10-6-13-8(2)5-11(10)15/h5-6,9H,4,7H2,1-3H3,(H,13,15)(H,14,16). The van der Waals surface area contributed by atoms with Crippen molar-refractivity contribution in [1.82, 2.24) is 10.3 Å². The van der Waals surface area contributed by atoms with E-state index in [1.54, 1.807) is 14.0 Å². The van der Waals surface area contributed by atoms with Gasteiger partial charge in [-0.25, -0.2) is 0 Å². The Morgan fingerprint density at radius 3 is 2.82 bits per heavy atom. The first-order valence-electron chi connectivity index (χ1n) is 5.57. The lowest BCUT2D eigenvalue weighted by atomic mass is 10.2. The fourth-order valence-electron chi connectivity index (χ4n) is 1.48. The molecule has 5 heteroatoms. The number of aryl methyl sites for hydroxylation is 1. The Bertz CT molecular complexity index is 440. The van der Waals surface area contributed by atoms with Crippen LogP contribution in [0.15, 0.2) is 17.1 Å². The van der Waals surface area contributed by atoms with Crippen LogP contribution in [0.5, 0.6) is 0 Å². The maximum absolute atomic E-state index is 11.8. The third-order valence-corrected chi connectivity index (χ3v) is 2.50. The average Bonchev–Trinajstić information content (AvgIpc) is 2.28. The van der Waals surface area contributed by atoms with E-state index in [1.165, 1.54) is 12.3 Å². The molecule has 17 heavy (non-hydrogen) atoms. The minimum atomic E-state index is -0.366. The zero-order chi connectivity index (χ0) is 12.8.